The van der Waals surface area contributed by atoms with Crippen LogP contribution in [0.5, 0.6) is 5.75 Å². The lowest BCUT2D eigenvalue weighted by Crippen LogP contribution is -2.17. The maximum Gasteiger partial charge on any atom is 0.122 e. The first-order chi connectivity index (χ1) is 16.1. The number of aliphatic hydroxyl groups excluding tert-OH is 1. The third kappa shape index (κ3) is 7.49. The molecule has 1 aliphatic carbocycles. The average Bonchev–Trinajstić information content (AvgIpc) is 3.03. The average molecular weight is 465 g/mol. The molecule has 0 heterocycles. The monoisotopic (exact) mass is 464 g/mol. The fourth-order valence-electron chi connectivity index (χ4n) is 4.33. The van der Waals surface area contributed by atoms with Crippen molar-refractivity contribution in [1.82, 2.24) is 0 Å². The Balaban J connectivity index is 2.39. The Bertz CT molecular complexity index is 949. The maximum atomic E-state index is 11.3. The minimum atomic E-state index is -0.0495. The van der Waals surface area contributed by atoms with Gasteiger partial charge in [-0.15, -0.1) is 5.73 Å². The van der Waals surface area contributed by atoms with Crippen molar-refractivity contribution in [2.75, 3.05) is 6.61 Å². The van der Waals surface area contributed by atoms with E-state index >= 15 is 0 Å². The first kappa shape index (κ1) is 28.2. The molecule has 0 saturated heterocycles. The summed E-state index contributed by atoms with van der Waals surface area (Å²) in [6.45, 7) is 15.8. The summed E-state index contributed by atoms with van der Waals surface area (Å²) in [6.07, 6.45) is 15.4. The van der Waals surface area contributed by atoms with Crippen molar-refractivity contribution in [2.45, 2.75) is 112 Å². The molecule has 0 aromatic heterocycles. The van der Waals surface area contributed by atoms with E-state index in [4.69, 9.17) is 0 Å². The van der Waals surface area contributed by atoms with Crippen LogP contribution < -0.4 is 0 Å². The van der Waals surface area contributed by atoms with E-state index in [0.717, 1.165) is 56.1 Å². The van der Waals surface area contributed by atoms with Gasteiger partial charge in [-0.1, -0.05) is 73.1 Å². The van der Waals surface area contributed by atoms with Crippen molar-refractivity contribution in [3.8, 4) is 5.75 Å². The van der Waals surface area contributed by atoms with Gasteiger partial charge in [0.25, 0.3) is 0 Å². The van der Waals surface area contributed by atoms with E-state index in [1.807, 2.05) is 0 Å². The van der Waals surface area contributed by atoms with Gasteiger partial charge in [-0.2, -0.15) is 0 Å². The maximum absolute atomic E-state index is 11.3. The molecule has 0 unspecified atom stereocenters. The quantitative estimate of drug-likeness (QED) is 0.287. The van der Waals surface area contributed by atoms with Gasteiger partial charge in [-0.05, 0) is 102 Å². The number of allylic oxidation sites excluding steroid dienone is 5. The Morgan fingerprint density at radius 3 is 2.12 bits per heavy atom. The predicted molar refractivity (Wildman–Crippen MR) is 147 cm³/mol. The van der Waals surface area contributed by atoms with Gasteiger partial charge in [0, 0.05) is 12.2 Å². The molecule has 0 atom stereocenters. The first-order valence-corrected chi connectivity index (χ1v) is 13.4. The Labute approximate surface area is 209 Å². The number of hydrogen-bond acceptors (Lipinski definition) is 2. The molecule has 34 heavy (non-hydrogen) atoms. The van der Waals surface area contributed by atoms with Crippen LogP contribution in [0.3, 0.4) is 0 Å². The van der Waals surface area contributed by atoms with E-state index in [0.29, 0.717) is 5.75 Å². The SMILES string of the molecule is CCCCc1cc(CCC2=CC(CCCO)=CC(C(C)(C)CC)=C=C2)c(O)c(C(C)(C)CC)c1. The van der Waals surface area contributed by atoms with E-state index in [2.05, 4.69) is 84.6 Å². The molecule has 0 amide bonds. The predicted octanol–water partition coefficient (Wildman–Crippen LogP) is 8.51. The molecule has 1 aromatic rings. The summed E-state index contributed by atoms with van der Waals surface area (Å²) in [6, 6.07) is 4.46. The third-order valence-corrected chi connectivity index (χ3v) is 7.71. The van der Waals surface area contributed by atoms with Gasteiger partial charge >= 0.3 is 0 Å². The Kier molecular flexibility index (Phi) is 10.5. The minimum Gasteiger partial charge on any atom is -0.507 e. The molecule has 0 spiro atoms. The standard InChI is InChI=1S/C32H48O2/c1-8-11-13-26-21-27(30(34)29(23-26)32(6,7)10-3)17-15-24-16-18-28(31(4,5)9-2)22-25(20-24)14-12-19-33/h16,20-23,33-34H,8-15,17,19H2,1-7H3. The molecule has 2 rings (SSSR count). The van der Waals surface area contributed by atoms with Gasteiger partial charge in [0.15, 0.2) is 0 Å². The number of phenolic OH excluding ortho intramolecular Hbond substituents is 1. The molecular formula is C32H48O2. The summed E-state index contributed by atoms with van der Waals surface area (Å²) in [4.78, 5) is 0. The molecule has 0 radical (unpaired) electrons. The molecule has 188 valence electrons. The molecule has 0 saturated carbocycles. The second-order valence-electron chi connectivity index (χ2n) is 11.2. The van der Waals surface area contributed by atoms with Crippen molar-refractivity contribution < 1.29 is 10.2 Å². The van der Waals surface area contributed by atoms with Crippen molar-refractivity contribution in [3.63, 3.8) is 0 Å². The van der Waals surface area contributed by atoms with Crippen LogP contribution in [0.1, 0.15) is 110 Å². The fourth-order valence-corrected chi connectivity index (χ4v) is 4.33. The number of phenols is 1. The van der Waals surface area contributed by atoms with Gasteiger partial charge < -0.3 is 10.2 Å². The lowest BCUT2D eigenvalue weighted by Gasteiger charge is -2.26. The van der Waals surface area contributed by atoms with Crippen LogP contribution in [0.25, 0.3) is 0 Å². The Morgan fingerprint density at radius 1 is 0.794 bits per heavy atom. The summed E-state index contributed by atoms with van der Waals surface area (Å²) in [5.74, 6) is 0.477. The Hall–Kier alpha value is -2.02. The number of hydrogen-bond donors (Lipinski definition) is 2. The van der Waals surface area contributed by atoms with Gasteiger partial charge in [0.1, 0.15) is 5.75 Å². The van der Waals surface area contributed by atoms with Gasteiger partial charge in [-0.25, -0.2) is 0 Å². The van der Waals surface area contributed by atoms with E-state index in [9.17, 15) is 10.2 Å². The molecule has 2 N–H and O–H groups in total. The topological polar surface area (TPSA) is 40.5 Å². The van der Waals surface area contributed by atoms with E-state index in [1.54, 1.807) is 0 Å². The van der Waals surface area contributed by atoms with E-state index < -0.39 is 0 Å². The van der Waals surface area contributed by atoms with Gasteiger partial charge in [0.2, 0.25) is 0 Å². The van der Waals surface area contributed by atoms with Crippen molar-refractivity contribution in [3.05, 3.63) is 69.5 Å². The van der Waals surface area contributed by atoms with Crippen LogP contribution in [-0.4, -0.2) is 16.8 Å². The van der Waals surface area contributed by atoms with Gasteiger partial charge in [-0.3, -0.25) is 0 Å². The molecule has 2 nitrogen and oxygen atoms in total. The van der Waals surface area contributed by atoms with Crippen LogP contribution in [0.4, 0.5) is 0 Å². The Morgan fingerprint density at radius 2 is 1.50 bits per heavy atom. The third-order valence-electron chi connectivity index (χ3n) is 7.71. The summed E-state index contributed by atoms with van der Waals surface area (Å²) in [5.41, 5.74) is 10.8. The smallest absolute Gasteiger partial charge is 0.122 e. The van der Waals surface area contributed by atoms with Crippen molar-refractivity contribution in [1.29, 1.82) is 0 Å². The van der Waals surface area contributed by atoms with E-state index in [-0.39, 0.29) is 17.4 Å². The number of rotatable bonds is 13. The number of aryl methyl sites for hydroxylation is 2. The van der Waals surface area contributed by atoms with Crippen LogP contribution >= 0.6 is 0 Å². The van der Waals surface area contributed by atoms with Crippen LogP contribution in [-0.2, 0) is 18.3 Å². The number of benzene rings is 1. The minimum absolute atomic E-state index is 0.0495. The number of unbranched alkanes of at least 4 members (excludes halogenated alkanes) is 1. The van der Waals surface area contributed by atoms with Crippen LogP contribution in [0.15, 0.2) is 52.8 Å². The zero-order chi connectivity index (χ0) is 25.4. The van der Waals surface area contributed by atoms with Crippen molar-refractivity contribution in [2.24, 2.45) is 5.41 Å². The van der Waals surface area contributed by atoms with Gasteiger partial charge in [0.05, 0.1) is 0 Å². The highest BCUT2D eigenvalue weighted by Crippen LogP contribution is 2.38. The normalized spacial score (nSPS) is 14.5. The largest absolute Gasteiger partial charge is 0.507 e. The summed E-state index contributed by atoms with van der Waals surface area (Å²) in [5, 5.41) is 20.6. The number of aliphatic hydroxyl groups is 1. The lowest BCUT2D eigenvalue weighted by atomic mass is 9.79. The molecular weight excluding hydrogens is 416 g/mol. The highest BCUT2D eigenvalue weighted by Gasteiger charge is 2.25. The zero-order valence-electron chi connectivity index (χ0n) is 22.9. The van der Waals surface area contributed by atoms with E-state index in [1.165, 1.54) is 35.1 Å². The van der Waals surface area contributed by atoms with Crippen molar-refractivity contribution >= 4 is 0 Å². The second-order valence-corrected chi connectivity index (χ2v) is 11.2. The van der Waals surface area contributed by atoms with Crippen LogP contribution in [0.2, 0.25) is 0 Å². The molecule has 0 aliphatic heterocycles. The molecule has 1 aromatic carbocycles. The highest BCUT2D eigenvalue weighted by atomic mass is 16.3. The molecule has 0 fully saturated rings. The number of aromatic hydroxyl groups is 1. The zero-order valence-corrected chi connectivity index (χ0v) is 22.9. The lowest BCUT2D eigenvalue weighted by molar-refractivity contribution is 0.289. The summed E-state index contributed by atoms with van der Waals surface area (Å²) < 4.78 is 0. The summed E-state index contributed by atoms with van der Waals surface area (Å²) >= 11 is 0. The fraction of sp³-hybridized carbons (Fsp3) is 0.594. The second kappa shape index (κ2) is 12.6. The summed E-state index contributed by atoms with van der Waals surface area (Å²) in [7, 11) is 0. The van der Waals surface area contributed by atoms with Crippen LogP contribution in [0, 0.1) is 5.41 Å². The molecule has 2 heteroatoms. The highest BCUT2D eigenvalue weighted by molar-refractivity contribution is 5.48. The molecule has 0 bridgehead atoms. The molecule has 1 aliphatic rings. The first-order valence-electron chi connectivity index (χ1n) is 13.4.